The molecule has 2 amide bonds. The molecule has 35 heavy (non-hydrogen) atoms. The molecule has 0 radical (unpaired) electrons. The second kappa shape index (κ2) is 10.1. The van der Waals surface area contributed by atoms with Crippen LogP contribution in [-0.2, 0) is 27.7 Å². The van der Waals surface area contributed by atoms with E-state index in [9.17, 15) is 18.0 Å². The van der Waals surface area contributed by atoms with Gasteiger partial charge in [-0.25, -0.2) is 8.42 Å². The second-order valence-electron chi connectivity index (χ2n) is 9.85. The van der Waals surface area contributed by atoms with E-state index < -0.39 is 10.0 Å². The highest BCUT2D eigenvalue weighted by atomic mass is 32.2. The largest absolute Gasteiger partial charge is 0.339 e. The van der Waals surface area contributed by atoms with Crippen molar-refractivity contribution < 1.29 is 18.0 Å². The number of nitrogens with one attached hydrogen (secondary N) is 1. The number of carbonyl (C=O) groups excluding carboxylic acids is 2. The molecule has 2 aromatic carbocycles. The average Bonchev–Trinajstić information content (AvgIpc) is 3.37. The molecule has 3 aliphatic rings. The Morgan fingerprint density at radius 2 is 1.54 bits per heavy atom. The number of piperidine rings is 2. The first kappa shape index (κ1) is 24.0. The molecule has 186 valence electrons. The molecule has 7 nitrogen and oxygen atoms in total. The summed E-state index contributed by atoms with van der Waals surface area (Å²) < 4.78 is 27.9. The first-order valence-electron chi connectivity index (χ1n) is 12.7. The number of fused-ring (bicyclic) bond motifs is 1. The summed E-state index contributed by atoms with van der Waals surface area (Å²) in [7, 11) is -3.57. The topological polar surface area (TPSA) is 86.8 Å². The third-order valence-corrected chi connectivity index (χ3v) is 9.49. The summed E-state index contributed by atoms with van der Waals surface area (Å²) in [6.07, 6.45) is 7.09. The number of sulfonamides is 1. The van der Waals surface area contributed by atoms with Crippen molar-refractivity contribution in [3.05, 3.63) is 59.2 Å². The quantitative estimate of drug-likeness (QED) is 0.683. The van der Waals surface area contributed by atoms with Crippen LogP contribution in [0.4, 0.5) is 5.69 Å². The van der Waals surface area contributed by atoms with Gasteiger partial charge in [0, 0.05) is 32.1 Å². The van der Waals surface area contributed by atoms with Crippen LogP contribution in [-0.4, -0.2) is 55.6 Å². The summed E-state index contributed by atoms with van der Waals surface area (Å²) >= 11 is 0. The molecule has 2 aliphatic heterocycles. The number of carbonyl (C=O) groups is 2. The van der Waals surface area contributed by atoms with Crippen molar-refractivity contribution in [2.75, 3.05) is 31.5 Å². The highest BCUT2D eigenvalue weighted by Gasteiger charge is 2.33. The van der Waals surface area contributed by atoms with Crippen LogP contribution < -0.4 is 5.32 Å². The van der Waals surface area contributed by atoms with Gasteiger partial charge in [0.25, 0.3) is 5.91 Å². The molecule has 0 unspecified atom stereocenters. The SMILES string of the molecule is O=C(Nc1ccccc1C(=O)N1CCCCC1)C1CCN(S(=O)(=O)c2ccc3c(c2)CCC3)CC1. The van der Waals surface area contributed by atoms with Crippen molar-refractivity contribution in [2.45, 2.75) is 56.3 Å². The van der Waals surface area contributed by atoms with E-state index in [1.807, 2.05) is 29.2 Å². The van der Waals surface area contributed by atoms with E-state index in [2.05, 4.69) is 5.32 Å². The molecule has 0 atom stereocenters. The molecular weight excluding hydrogens is 462 g/mol. The number of aryl methyl sites for hydroxylation is 2. The van der Waals surface area contributed by atoms with Crippen LogP contribution in [0.3, 0.4) is 0 Å². The van der Waals surface area contributed by atoms with Crippen LogP contribution in [0, 0.1) is 5.92 Å². The second-order valence-corrected chi connectivity index (χ2v) is 11.8. The molecule has 8 heteroatoms. The number of hydrogen-bond acceptors (Lipinski definition) is 4. The van der Waals surface area contributed by atoms with Gasteiger partial charge in [0.15, 0.2) is 0 Å². The van der Waals surface area contributed by atoms with Gasteiger partial charge in [-0.15, -0.1) is 0 Å². The Morgan fingerprint density at radius 1 is 0.829 bits per heavy atom. The molecule has 5 rings (SSSR count). The predicted molar refractivity (Wildman–Crippen MR) is 135 cm³/mol. The average molecular weight is 496 g/mol. The van der Waals surface area contributed by atoms with Crippen LogP contribution in [0.25, 0.3) is 0 Å². The van der Waals surface area contributed by atoms with E-state index in [0.717, 1.165) is 57.2 Å². The van der Waals surface area contributed by atoms with E-state index in [1.54, 1.807) is 18.2 Å². The molecule has 2 heterocycles. The first-order valence-corrected chi connectivity index (χ1v) is 14.2. The molecular formula is C27H33N3O4S. The van der Waals surface area contributed by atoms with Gasteiger partial charge in [-0.1, -0.05) is 18.2 Å². The molecule has 0 saturated carbocycles. The Kier molecular flexibility index (Phi) is 6.93. The van der Waals surface area contributed by atoms with E-state index in [0.29, 0.717) is 42.1 Å². The highest BCUT2D eigenvalue weighted by molar-refractivity contribution is 7.89. The molecule has 2 fully saturated rings. The van der Waals surface area contributed by atoms with Gasteiger partial charge in [0.1, 0.15) is 0 Å². The lowest BCUT2D eigenvalue weighted by Crippen LogP contribution is -2.41. The van der Waals surface area contributed by atoms with Gasteiger partial charge < -0.3 is 10.2 Å². The fraction of sp³-hybridized carbons (Fsp3) is 0.481. The maximum Gasteiger partial charge on any atom is 0.255 e. The lowest BCUT2D eigenvalue weighted by atomic mass is 9.97. The zero-order valence-electron chi connectivity index (χ0n) is 20.0. The summed E-state index contributed by atoms with van der Waals surface area (Å²) in [5.74, 6) is -0.492. The van der Waals surface area contributed by atoms with E-state index in [-0.39, 0.29) is 17.7 Å². The van der Waals surface area contributed by atoms with Crippen LogP contribution >= 0.6 is 0 Å². The number of rotatable bonds is 5. The first-order chi connectivity index (χ1) is 16.9. The lowest BCUT2D eigenvalue weighted by molar-refractivity contribution is -0.120. The molecule has 0 bridgehead atoms. The molecule has 0 aromatic heterocycles. The van der Waals surface area contributed by atoms with Gasteiger partial charge >= 0.3 is 0 Å². The summed E-state index contributed by atoms with van der Waals surface area (Å²) in [4.78, 5) is 28.3. The van der Waals surface area contributed by atoms with Crippen LogP contribution in [0.1, 0.15) is 60.0 Å². The summed E-state index contributed by atoms with van der Waals surface area (Å²) in [5.41, 5.74) is 3.43. The Hall–Kier alpha value is -2.71. The maximum atomic E-state index is 13.2. The molecule has 1 aliphatic carbocycles. The van der Waals surface area contributed by atoms with E-state index in [1.165, 1.54) is 9.87 Å². The minimum Gasteiger partial charge on any atom is -0.339 e. The van der Waals surface area contributed by atoms with Crippen molar-refractivity contribution in [1.82, 2.24) is 9.21 Å². The third kappa shape index (κ3) is 5.00. The Bertz CT molecular complexity index is 1210. The summed E-state index contributed by atoms with van der Waals surface area (Å²) in [5, 5.41) is 2.96. The molecule has 0 spiro atoms. The summed E-state index contributed by atoms with van der Waals surface area (Å²) in [6.45, 7) is 2.12. The Balaban J connectivity index is 1.22. The van der Waals surface area contributed by atoms with Crippen LogP contribution in [0.15, 0.2) is 47.4 Å². The van der Waals surface area contributed by atoms with Crippen molar-refractivity contribution in [3.63, 3.8) is 0 Å². The summed E-state index contributed by atoms with van der Waals surface area (Å²) in [6, 6.07) is 12.6. The smallest absolute Gasteiger partial charge is 0.255 e. The molecule has 2 aromatic rings. The van der Waals surface area contributed by atoms with Gasteiger partial charge in [0.05, 0.1) is 16.1 Å². The van der Waals surface area contributed by atoms with Crippen molar-refractivity contribution in [1.29, 1.82) is 0 Å². The van der Waals surface area contributed by atoms with Gasteiger partial charge in [-0.3, -0.25) is 9.59 Å². The van der Waals surface area contributed by atoms with Gasteiger partial charge in [-0.05, 0) is 86.8 Å². The van der Waals surface area contributed by atoms with Crippen molar-refractivity contribution in [2.24, 2.45) is 5.92 Å². The number of para-hydroxylation sites is 1. The number of nitrogens with zero attached hydrogens (tertiary/aromatic N) is 2. The number of hydrogen-bond donors (Lipinski definition) is 1. The number of likely N-dealkylation sites (tertiary alicyclic amines) is 1. The zero-order valence-corrected chi connectivity index (χ0v) is 20.9. The number of anilines is 1. The lowest BCUT2D eigenvalue weighted by Gasteiger charge is -2.31. The van der Waals surface area contributed by atoms with E-state index >= 15 is 0 Å². The Labute approximate surface area is 207 Å². The minimum atomic E-state index is -3.57. The number of amides is 2. The molecule has 2 saturated heterocycles. The highest BCUT2D eigenvalue weighted by Crippen LogP contribution is 2.29. The van der Waals surface area contributed by atoms with Crippen LogP contribution in [0.2, 0.25) is 0 Å². The van der Waals surface area contributed by atoms with Gasteiger partial charge in [-0.2, -0.15) is 4.31 Å². The van der Waals surface area contributed by atoms with Crippen molar-refractivity contribution in [3.8, 4) is 0 Å². The number of benzene rings is 2. The normalized spacial score (nSPS) is 19.4. The predicted octanol–water partition coefficient (Wildman–Crippen LogP) is 3.84. The van der Waals surface area contributed by atoms with Crippen LogP contribution in [0.5, 0.6) is 0 Å². The van der Waals surface area contributed by atoms with Gasteiger partial charge in [0.2, 0.25) is 15.9 Å². The monoisotopic (exact) mass is 495 g/mol. The fourth-order valence-corrected chi connectivity index (χ4v) is 7.02. The maximum absolute atomic E-state index is 13.2. The third-order valence-electron chi connectivity index (χ3n) is 7.59. The fourth-order valence-electron chi connectivity index (χ4n) is 5.50. The standard InChI is InChI=1S/C27H33N3O4S/c31-26(28-25-10-3-2-9-24(25)27(32)29-15-4-1-5-16-29)21-13-17-30(18-14-21)35(33,34)23-12-11-20-7-6-8-22(20)19-23/h2-3,9-12,19,21H,1,4-8,13-18H2,(H,28,31). The zero-order chi connectivity index (χ0) is 24.4. The van der Waals surface area contributed by atoms with Crippen molar-refractivity contribution >= 4 is 27.5 Å². The Morgan fingerprint density at radius 3 is 2.31 bits per heavy atom. The minimum absolute atomic E-state index is 0.0455. The molecule has 1 N–H and O–H groups in total. The van der Waals surface area contributed by atoms with E-state index in [4.69, 9.17) is 0 Å².